The molecule has 0 aromatic carbocycles. The van der Waals surface area contributed by atoms with E-state index in [1.54, 1.807) is 0 Å². The Kier molecular flexibility index (Phi) is 5.18. The second-order valence-electron chi connectivity index (χ2n) is 4.95. The van der Waals surface area contributed by atoms with E-state index >= 15 is 0 Å². The fourth-order valence-electron chi connectivity index (χ4n) is 2.93. The predicted octanol–water partition coefficient (Wildman–Crippen LogP) is 2.16. The molecule has 3 nitrogen and oxygen atoms in total. The van der Waals surface area contributed by atoms with Crippen LogP contribution in [0.2, 0.25) is 0 Å². The molecule has 0 aliphatic carbocycles. The van der Waals surface area contributed by atoms with Crippen LogP contribution in [0.5, 0.6) is 0 Å². The molecule has 0 saturated carbocycles. The van der Waals surface area contributed by atoms with Crippen LogP contribution < -0.4 is 5.73 Å². The highest BCUT2D eigenvalue weighted by Gasteiger charge is 2.29. The van der Waals surface area contributed by atoms with E-state index in [2.05, 4.69) is 41.2 Å². The smallest absolute Gasteiger partial charge is 0.0565 e. The second kappa shape index (κ2) is 6.66. The summed E-state index contributed by atoms with van der Waals surface area (Å²) in [7, 11) is 0. The number of likely N-dealkylation sites (N-methyl/N-ethyl adjacent to an activating group) is 1. The Morgan fingerprint density at radius 2 is 2.28 bits per heavy atom. The number of rotatable bonds is 5. The molecule has 2 rings (SSSR count). The standard InChI is InChI=1S/C14H25N3S/c1-3-12-11-17(8-7-16(12)4-2)13(10-15)14-6-5-9-18-14/h5-6,9,12-13H,3-4,7-8,10-11,15H2,1-2H3. The maximum Gasteiger partial charge on any atom is 0.0565 e. The average molecular weight is 267 g/mol. The van der Waals surface area contributed by atoms with E-state index in [1.807, 2.05) is 11.3 Å². The molecular weight excluding hydrogens is 242 g/mol. The van der Waals surface area contributed by atoms with Gasteiger partial charge in [0.25, 0.3) is 0 Å². The first-order chi connectivity index (χ1) is 8.80. The van der Waals surface area contributed by atoms with Crippen LogP contribution in [0.1, 0.15) is 31.2 Å². The molecule has 2 atom stereocenters. The van der Waals surface area contributed by atoms with Gasteiger partial charge in [0.1, 0.15) is 0 Å². The lowest BCUT2D eigenvalue weighted by Crippen LogP contribution is -2.54. The minimum Gasteiger partial charge on any atom is -0.329 e. The number of hydrogen-bond donors (Lipinski definition) is 1. The molecule has 4 heteroatoms. The van der Waals surface area contributed by atoms with Gasteiger partial charge in [-0.2, -0.15) is 0 Å². The zero-order valence-corrected chi connectivity index (χ0v) is 12.3. The molecule has 0 spiro atoms. The van der Waals surface area contributed by atoms with Gasteiger partial charge in [-0.3, -0.25) is 9.80 Å². The number of thiophene rings is 1. The van der Waals surface area contributed by atoms with E-state index in [0.29, 0.717) is 12.1 Å². The number of piperazine rings is 1. The summed E-state index contributed by atoms with van der Waals surface area (Å²) in [5.74, 6) is 0. The number of hydrogen-bond acceptors (Lipinski definition) is 4. The lowest BCUT2D eigenvalue weighted by molar-refractivity contribution is 0.0518. The van der Waals surface area contributed by atoms with Crippen molar-refractivity contribution in [1.82, 2.24) is 9.80 Å². The molecule has 2 unspecified atom stereocenters. The predicted molar refractivity (Wildman–Crippen MR) is 79.0 cm³/mol. The molecular formula is C14H25N3S. The van der Waals surface area contributed by atoms with Gasteiger partial charge in [0, 0.05) is 37.1 Å². The lowest BCUT2D eigenvalue weighted by atomic mass is 10.1. The summed E-state index contributed by atoms with van der Waals surface area (Å²) >= 11 is 1.83. The first-order valence-electron chi connectivity index (χ1n) is 7.01. The Morgan fingerprint density at radius 1 is 1.44 bits per heavy atom. The van der Waals surface area contributed by atoms with E-state index < -0.39 is 0 Å². The van der Waals surface area contributed by atoms with Crippen molar-refractivity contribution in [2.24, 2.45) is 5.73 Å². The minimum atomic E-state index is 0.415. The lowest BCUT2D eigenvalue weighted by Gasteiger charge is -2.43. The van der Waals surface area contributed by atoms with Crippen molar-refractivity contribution >= 4 is 11.3 Å². The van der Waals surface area contributed by atoms with E-state index in [0.717, 1.165) is 19.6 Å². The Morgan fingerprint density at radius 3 is 2.83 bits per heavy atom. The third-order valence-electron chi connectivity index (χ3n) is 4.05. The van der Waals surface area contributed by atoms with Gasteiger partial charge in [-0.1, -0.05) is 19.9 Å². The van der Waals surface area contributed by atoms with Crippen molar-refractivity contribution in [1.29, 1.82) is 0 Å². The molecule has 0 amide bonds. The summed E-state index contributed by atoms with van der Waals surface area (Å²) in [6.45, 7) is 9.92. The molecule has 102 valence electrons. The van der Waals surface area contributed by atoms with Gasteiger partial charge in [0.15, 0.2) is 0 Å². The molecule has 1 aliphatic heterocycles. The molecule has 1 saturated heterocycles. The SMILES string of the molecule is CCC1CN(C(CN)c2cccs2)CCN1CC. The van der Waals surface area contributed by atoms with Crippen molar-refractivity contribution in [2.45, 2.75) is 32.4 Å². The fraction of sp³-hybridized carbons (Fsp3) is 0.714. The Hall–Kier alpha value is -0.420. The van der Waals surface area contributed by atoms with Crippen LogP contribution >= 0.6 is 11.3 Å². The molecule has 1 fully saturated rings. The average Bonchev–Trinajstić information content (AvgIpc) is 2.93. The molecule has 0 radical (unpaired) electrons. The van der Waals surface area contributed by atoms with Crippen LogP contribution in [-0.4, -0.2) is 48.6 Å². The zero-order valence-electron chi connectivity index (χ0n) is 11.5. The van der Waals surface area contributed by atoms with E-state index in [1.165, 1.54) is 24.4 Å². The van der Waals surface area contributed by atoms with Crippen molar-refractivity contribution < 1.29 is 0 Å². The Labute approximate surface area is 115 Å². The maximum atomic E-state index is 6.00. The van der Waals surface area contributed by atoms with Crippen LogP contribution in [-0.2, 0) is 0 Å². The molecule has 0 bridgehead atoms. The van der Waals surface area contributed by atoms with Crippen LogP contribution in [0.3, 0.4) is 0 Å². The first kappa shape index (κ1) is 14.0. The fourth-order valence-corrected chi connectivity index (χ4v) is 3.80. The largest absolute Gasteiger partial charge is 0.329 e. The van der Waals surface area contributed by atoms with Crippen molar-refractivity contribution in [2.75, 3.05) is 32.7 Å². The Balaban J connectivity index is 2.05. The summed E-state index contributed by atoms with van der Waals surface area (Å²) < 4.78 is 0. The number of nitrogens with two attached hydrogens (primary N) is 1. The highest BCUT2D eigenvalue weighted by molar-refractivity contribution is 7.10. The van der Waals surface area contributed by atoms with Crippen LogP contribution in [0.15, 0.2) is 17.5 Å². The summed E-state index contributed by atoms with van der Waals surface area (Å²) in [6.07, 6.45) is 1.23. The topological polar surface area (TPSA) is 32.5 Å². The van der Waals surface area contributed by atoms with Gasteiger partial charge in [0.05, 0.1) is 6.04 Å². The van der Waals surface area contributed by atoms with E-state index in [4.69, 9.17) is 5.73 Å². The number of nitrogens with zero attached hydrogens (tertiary/aromatic N) is 2. The second-order valence-corrected chi connectivity index (χ2v) is 5.93. The normalized spacial score (nSPS) is 24.3. The molecule has 2 heterocycles. The van der Waals surface area contributed by atoms with Crippen molar-refractivity contribution in [3.63, 3.8) is 0 Å². The summed E-state index contributed by atoms with van der Waals surface area (Å²) in [5.41, 5.74) is 6.00. The minimum absolute atomic E-state index is 0.415. The summed E-state index contributed by atoms with van der Waals surface area (Å²) in [4.78, 5) is 6.59. The molecule has 1 aromatic heterocycles. The molecule has 2 N–H and O–H groups in total. The van der Waals surface area contributed by atoms with Crippen molar-refractivity contribution in [3.8, 4) is 0 Å². The van der Waals surface area contributed by atoms with Gasteiger partial charge in [0.2, 0.25) is 0 Å². The van der Waals surface area contributed by atoms with E-state index in [-0.39, 0.29) is 0 Å². The highest BCUT2D eigenvalue weighted by atomic mass is 32.1. The van der Waals surface area contributed by atoms with Gasteiger partial charge in [-0.15, -0.1) is 11.3 Å². The van der Waals surface area contributed by atoms with Crippen LogP contribution in [0.4, 0.5) is 0 Å². The zero-order chi connectivity index (χ0) is 13.0. The summed E-state index contributed by atoms with van der Waals surface area (Å²) in [6, 6.07) is 5.45. The highest BCUT2D eigenvalue weighted by Crippen LogP contribution is 2.27. The monoisotopic (exact) mass is 267 g/mol. The van der Waals surface area contributed by atoms with E-state index in [9.17, 15) is 0 Å². The molecule has 1 aromatic rings. The van der Waals surface area contributed by atoms with Gasteiger partial charge in [-0.25, -0.2) is 0 Å². The maximum absolute atomic E-state index is 6.00. The molecule has 1 aliphatic rings. The Bertz CT molecular complexity index is 339. The quantitative estimate of drug-likeness (QED) is 0.887. The van der Waals surface area contributed by atoms with Gasteiger partial charge < -0.3 is 5.73 Å². The third kappa shape index (κ3) is 2.94. The van der Waals surface area contributed by atoms with Crippen molar-refractivity contribution in [3.05, 3.63) is 22.4 Å². The van der Waals surface area contributed by atoms with Crippen LogP contribution in [0.25, 0.3) is 0 Å². The third-order valence-corrected chi connectivity index (χ3v) is 5.02. The van der Waals surface area contributed by atoms with Crippen LogP contribution in [0, 0.1) is 0 Å². The first-order valence-corrected chi connectivity index (χ1v) is 7.89. The van der Waals surface area contributed by atoms with Gasteiger partial charge >= 0.3 is 0 Å². The summed E-state index contributed by atoms with van der Waals surface area (Å²) in [5, 5.41) is 2.15. The molecule has 18 heavy (non-hydrogen) atoms. The van der Waals surface area contributed by atoms with Gasteiger partial charge in [-0.05, 0) is 24.4 Å².